The topological polar surface area (TPSA) is 30.5 Å². The fraction of sp³-hybridized carbons (Fsp3) is 1.00. The summed E-state index contributed by atoms with van der Waals surface area (Å²) < 4.78 is 10.4. The van der Waals surface area contributed by atoms with E-state index in [9.17, 15) is 0 Å². The summed E-state index contributed by atoms with van der Waals surface area (Å²) in [4.78, 5) is 0. The lowest BCUT2D eigenvalue weighted by Crippen LogP contribution is -2.24. The van der Waals surface area contributed by atoms with Crippen LogP contribution in [0.4, 0.5) is 0 Å². The van der Waals surface area contributed by atoms with Gasteiger partial charge >= 0.3 is 0 Å². The first-order chi connectivity index (χ1) is 5.81. The second-order valence-electron chi connectivity index (χ2n) is 2.89. The molecular weight excluding hydrogens is 154 g/mol. The van der Waals surface area contributed by atoms with Crippen molar-refractivity contribution in [3.63, 3.8) is 0 Å². The number of ether oxygens (including phenoxy) is 2. The molecule has 0 aromatic carbocycles. The van der Waals surface area contributed by atoms with E-state index >= 15 is 0 Å². The summed E-state index contributed by atoms with van der Waals surface area (Å²) >= 11 is 0. The molecule has 1 unspecified atom stereocenters. The van der Waals surface area contributed by atoms with Crippen molar-refractivity contribution in [2.75, 3.05) is 33.4 Å². The molecule has 12 heavy (non-hydrogen) atoms. The van der Waals surface area contributed by atoms with Gasteiger partial charge in [0.15, 0.2) is 0 Å². The van der Waals surface area contributed by atoms with Crippen molar-refractivity contribution in [2.45, 2.75) is 26.4 Å². The molecule has 0 saturated carbocycles. The third-order valence-electron chi connectivity index (χ3n) is 1.51. The maximum absolute atomic E-state index is 5.44. The monoisotopic (exact) mass is 175 g/mol. The smallest absolute Gasteiger partial charge is 0.0780 e. The molecule has 0 aliphatic rings. The molecule has 0 aliphatic heterocycles. The van der Waals surface area contributed by atoms with Crippen LogP contribution in [0.15, 0.2) is 0 Å². The van der Waals surface area contributed by atoms with Crippen LogP contribution < -0.4 is 5.32 Å². The van der Waals surface area contributed by atoms with Gasteiger partial charge < -0.3 is 14.8 Å². The highest BCUT2D eigenvalue weighted by molar-refractivity contribution is 4.48. The van der Waals surface area contributed by atoms with Crippen LogP contribution in [0.2, 0.25) is 0 Å². The largest absolute Gasteiger partial charge is 0.382 e. The van der Waals surface area contributed by atoms with E-state index in [1.807, 2.05) is 6.92 Å². The zero-order valence-corrected chi connectivity index (χ0v) is 8.43. The van der Waals surface area contributed by atoms with E-state index in [-0.39, 0.29) is 6.10 Å². The molecule has 0 radical (unpaired) electrons. The molecule has 0 bridgehead atoms. The van der Waals surface area contributed by atoms with Gasteiger partial charge in [-0.15, -0.1) is 0 Å². The van der Waals surface area contributed by atoms with Crippen LogP contribution in [-0.4, -0.2) is 39.5 Å². The summed E-state index contributed by atoms with van der Waals surface area (Å²) in [7, 11) is 1.69. The number of methoxy groups -OCH3 is 1. The third-order valence-corrected chi connectivity index (χ3v) is 1.51. The zero-order valence-electron chi connectivity index (χ0n) is 8.43. The van der Waals surface area contributed by atoms with Crippen molar-refractivity contribution in [2.24, 2.45) is 0 Å². The second-order valence-corrected chi connectivity index (χ2v) is 2.89. The molecule has 0 amide bonds. The number of rotatable bonds is 8. The third kappa shape index (κ3) is 7.98. The highest BCUT2D eigenvalue weighted by Crippen LogP contribution is 1.89. The van der Waals surface area contributed by atoms with Crippen LogP contribution in [0.25, 0.3) is 0 Å². The van der Waals surface area contributed by atoms with E-state index in [1.54, 1.807) is 7.11 Å². The number of hydrogen-bond acceptors (Lipinski definition) is 3. The summed E-state index contributed by atoms with van der Waals surface area (Å²) in [5.74, 6) is 0. The number of hydrogen-bond donors (Lipinski definition) is 1. The fourth-order valence-electron chi connectivity index (χ4n) is 0.917. The van der Waals surface area contributed by atoms with Crippen LogP contribution in [-0.2, 0) is 9.47 Å². The molecular formula is C9H21NO2. The molecule has 0 aromatic rings. The Morgan fingerprint density at radius 1 is 1.33 bits per heavy atom. The van der Waals surface area contributed by atoms with Gasteiger partial charge in [0.05, 0.1) is 19.3 Å². The Morgan fingerprint density at radius 2 is 2.08 bits per heavy atom. The van der Waals surface area contributed by atoms with Crippen LogP contribution >= 0.6 is 0 Å². The van der Waals surface area contributed by atoms with E-state index in [4.69, 9.17) is 9.47 Å². The summed E-state index contributed by atoms with van der Waals surface area (Å²) in [5.41, 5.74) is 0. The van der Waals surface area contributed by atoms with Crippen molar-refractivity contribution >= 4 is 0 Å². The van der Waals surface area contributed by atoms with Crippen LogP contribution in [0, 0.1) is 0 Å². The lowest BCUT2D eigenvalue weighted by molar-refractivity contribution is 0.0108. The molecule has 0 spiro atoms. The molecule has 3 nitrogen and oxygen atoms in total. The standard InChI is InChI=1S/C9H21NO2/c1-4-5-10-6-7-12-9(2)8-11-3/h9-10H,4-8H2,1-3H3. The minimum absolute atomic E-state index is 0.207. The van der Waals surface area contributed by atoms with Crippen molar-refractivity contribution in [1.82, 2.24) is 5.32 Å². The Bertz CT molecular complexity index is 88.6. The minimum atomic E-state index is 0.207. The molecule has 0 heterocycles. The molecule has 0 fully saturated rings. The first-order valence-corrected chi connectivity index (χ1v) is 4.62. The van der Waals surface area contributed by atoms with Gasteiger partial charge in [-0.25, -0.2) is 0 Å². The predicted molar refractivity (Wildman–Crippen MR) is 50.5 cm³/mol. The first-order valence-electron chi connectivity index (χ1n) is 4.62. The van der Waals surface area contributed by atoms with Gasteiger partial charge in [0, 0.05) is 13.7 Å². The summed E-state index contributed by atoms with van der Waals surface area (Å²) in [5, 5.41) is 3.27. The highest BCUT2D eigenvalue weighted by Gasteiger charge is 1.98. The number of nitrogens with one attached hydrogen (secondary N) is 1. The maximum Gasteiger partial charge on any atom is 0.0780 e. The lowest BCUT2D eigenvalue weighted by atomic mass is 10.4. The zero-order chi connectivity index (χ0) is 9.23. The van der Waals surface area contributed by atoms with E-state index < -0.39 is 0 Å². The van der Waals surface area contributed by atoms with Crippen molar-refractivity contribution in [1.29, 1.82) is 0 Å². The fourth-order valence-corrected chi connectivity index (χ4v) is 0.917. The van der Waals surface area contributed by atoms with Crippen LogP contribution in [0.5, 0.6) is 0 Å². The van der Waals surface area contributed by atoms with Gasteiger partial charge in [-0.3, -0.25) is 0 Å². The van der Waals surface area contributed by atoms with Crippen molar-refractivity contribution in [3.05, 3.63) is 0 Å². The maximum atomic E-state index is 5.44. The summed E-state index contributed by atoms with van der Waals surface area (Å²) in [6, 6.07) is 0. The average molecular weight is 175 g/mol. The molecule has 0 aliphatic carbocycles. The minimum Gasteiger partial charge on any atom is -0.382 e. The SMILES string of the molecule is CCCNCCOC(C)COC. The van der Waals surface area contributed by atoms with Crippen molar-refractivity contribution < 1.29 is 9.47 Å². The quantitative estimate of drug-likeness (QED) is 0.559. The second kappa shape index (κ2) is 8.97. The van der Waals surface area contributed by atoms with Gasteiger partial charge in [-0.2, -0.15) is 0 Å². The Kier molecular flexibility index (Phi) is 8.88. The summed E-state index contributed by atoms with van der Waals surface area (Å²) in [6.07, 6.45) is 1.38. The molecule has 3 heteroatoms. The van der Waals surface area contributed by atoms with Gasteiger partial charge in [0.1, 0.15) is 0 Å². The van der Waals surface area contributed by atoms with E-state index in [2.05, 4.69) is 12.2 Å². The van der Waals surface area contributed by atoms with E-state index in [1.165, 1.54) is 6.42 Å². The molecule has 0 aromatic heterocycles. The predicted octanol–water partition coefficient (Wildman–Crippen LogP) is 1.04. The van der Waals surface area contributed by atoms with E-state index in [0.717, 1.165) is 19.7 Å². The Labute approximate surface area is 75.4 Å². The van der Waals surface area contributed by atoms with Gasteiger partial charge in [-0.05, 0) is 19.9 Å². The Morgan fingerprint density at radius 3 is 2.67 bits per heavy atom. The van der Waals surface area contributed by atoms with Crippen LogP contribution in [0.1, 0.15) is 20.3 Å². The van der Waals surface area contributed by atoms with Gasteiger partial charge in [-0.1, -0.05) is 6.92 Å². The summed E-state index contributed by atoms with van der Waals surface area (Å²) in [6.45, 7) is 7.62. The molecule has 0 rings (SSSR count). The molecule has 74 valence electrons. The first kappa shape index (κ1) is 11.9. The van der Waals surface area contributed by atoms with Gasteiger partial charge in [0.25, 0.3) is 0 Å². The molecule has 1 N–H and O–H groups in total. The Balaban J connectivity index is 2.97. The van der Waals surface area contributed by atoms with E-state index in [0.29, 0.717) is 6.61 Å². The molecule has 0 saturated heterocycles. The Hall–Kier alpha value is -0.120. The lowest BCUT2D eigenvalue weighted by Gasteiger charge is -2.11. The average Bonchev–Trinajstić information content (AvgIpc) is 2.05. The molecule has 1 atom stereocenters. The normalized spacial score (nSPS) is 13.2. The van der Waals surface area contributed by atoms with Crippen molar-refractivity contribution in [3.8, 4) is 0 Å². The highest BCUT2D eigenvalue weighted by atomic mass is 16.5. The van der Waals surface area contributed by atoms with Gasteiger partial charge in [0.2, 0.25) is 0 Å². The van der Waals surface area contributed by atoms with Crippen LogP contribution in [0.3, 0.4) is 0 Å².